The first-order chi connectivity index (χ1) is 9.19. The largest absolute Gasteiger partial charge is 0.465 e. The van der Waals surface area contributed by atoms with Gasteiger partial charge in [0.05, 0.1) is 6.61 Å². The molecule has 0 fully saturated rings. The van der Waals surface area contributed by atoms with Crippen molar-refractivity contribution in [3.05, 3.63) is 35.9 Å². The monoisotopic (exact) mass is 263 g/mol. The third kappa shape index (κ3) is 5.43. The highest BCUT2D eigenvalue weighted by Crippen LogP contribution is 2.20. The van der Waals surface area contributed by atoms with Gasteiger partial charge in [-0.25, -0.2) is 0 Å². The van der Waals surface area contributed by atoms with Gasteiger partial charge in [-0.2, -0.15) is 0 Å². The fourth-order valence-corrected chi connectivity index (χ4v) is 2.08. The molecular formula is C16H25NO2. The van der Waals surface area contributed by atoms with Gasteiger partial charge in [0, 0.05) is 6.04 Å². The summed E-state index contributed by atoms with van der Waals surface area (Å²) >= 11 is 0. The smallest absolute Gasteiger partial charge is 0.322 e. The summed E-state index contributed by atoms with van der Waals surface area (Å²) in [5.41, 5.74) is 1.23. The Morgan fingerprint density at radius 3 is 2.53 bits per heavy atom. The van der Waals surface area contributed by atoms with Crippen LogP contribution in [-0.2, 0) is 9.53 Å². The molecule has 0 amide bonds. The lowest BCUT2D eigenvalue weighted by atomic mass is 10.0. The van der Waals surface area contributed by atoms with Gasteiger partial charge in [0.15, 0.2) is 0 Å². The van der Waals surface area contributed by atoms with Crippen LogP contribution in [0.5, 0.6) is 0 Å². The predicted octanol–water partition coefficient (Wildman–Crippen LogP) is 3.46. The highest BCUT2D eigenvalue weighted by atomic mass is 16.5. The van der Waals surface area contributed by atoms with Crippen molar-refractivity contribution in [3.8, 4) is 0 Å². The van der Waals surface area contributed by atoms with Crippen molar-refractivity contribution in [3.63, 3.8) is 0 Å². The Balaban J connectivity index is 2.67. The van der Waals surface area contributed by atoms with E-state index in [0.29, 0.717) is 6.61 Å². The Labute approximate surface area is 116 Å². The van der Waals surface area contributed by atoms with Crippen molar-refractivity contribution in [2.75, 3.05) is 6.61 Å². The van der Waals surface area contributed by atoms with Gasteiger partial charge < -0.3 is 4.74 Å². The Morgan fingerprint density at radius 1 is 1.26 bits per heavy atom. The molecule has 0 aromatic heterocycles. The molecule has 1 N–H and O–H groups in total. The lowest BCUT2D eigenvalue weighted by Gasteiger charge is -2.22. The van der Waals surface area contributed by atoms with E-state index in [2.05, 4.69) is 24.4 Å². The van der Waals surface area contributed by atoms with Crippen molar-refractivity contribution in [2.24, 2.45) is 0 Å². The number of nitrogens with one attached hydrogen (secondary N) is 1. The topological polar surface area (TPSA) is 38.3 Å². The van der Waals surface area contributed by atoms with Crippen LogP contribution in [0.3, 0.4) is 0 Å². The molecule has 0 aliphatic heterocycles. The molecule has 2 unspecified atom stereocenters. The summed E-state index contributed by atoms with van der Waals surface area (Å²) in [6, 6.07) is 10.2. The number of rotatable bonds is 8. The second-order valence-corrected chi connectivity index (χ2v) is 4.75. The quantitative estimate of drug-likeness (QED) is 0.730. The first-order valence-corrected chi connectivity index (χ1v) is 7.16. The molecular weight excluding hydrogens is 238 g/mol. The fraction of sp³-hybridized carbons (Fsp3) is 0.562. The van der Waals surface area contributed by atoms with Gasteiger partial charge >= 0.3 is 5.97 Å². The molecule has 1 rings (SSSR count). The van der Waals surface area contributed by atoms with Crippen LogP contribution < -0.4 is 5.32 Å². The summed E-state index contributed by atoms with van der Waals surface area (Å²) in [5, 5.41) is 3.38. The van der Waals surface area contributed by atoms with Crippen LogP contribution in [-0.4, -0.2) is 18.6 Å². The van der Waals surface area contributed by atoms with E-state index in [1.54, 1.807) is 0 Å². The highest BCUT2D eigenvalue weighted by Gasteiger charge is 2.19. The standard InChI is InChI=1S/C16H25NO2/c1-4-6-12-15(14-10-8-7-9-11-14)17-13(3)16(18)19-5-2/h7-11,13,15,17H,4-6,12H2,1-3H3. The van der Waals surface area contributed by atoms with Crippen LogP contribution in [0.1, 0.15) is 51.6 Å². The summed E-state index contributed by atoms with van der Waals surface area (Å²) in [7, 11) is 0. The van der Waals surface area contributed by atoms with Crippen molar-refractivity contribution < 1.29 is 9.53 Å². The molecule has 0 heterocycles. The predicted molar refractivity (Wildman–Crippen MR) is 77.9 cm³/mol. The maximum Gasteiger partial charge on any atom is 0.322 e. The van der Waals surface area contributed by atoms with E-state index in [-0.39, 0.29) is 18.1 Å². The van der Waals surface area contributed by atoms with E-state index < -0.39 is 0 Å². The average molecular weight is 263 g/mol. The molecule has 19 heavy (non-hydrogen) atoms. The summed E-state index contributed by atoms with van der Waals surface area (Å²) in [6.45, 7) is 6.29. The second kappa shape index (κ2) is 8.70. The number of benzene rings is 1. The van der Waals surface area contributed by atoms with Crippen molar-refractivity contribution >= 4 is 5.97 Å². The number of carbonyl (C=O) groups is 1. The minimum Gasteiger partial charge on any atom is -0.465 e. The van der Waals surface area contributed by atoms with E-state index in [0.717, 1.165) is 19.3 Å². The third-order valence-electron chi connectivity index (χ3n) is 3.14. The molecule has 0 bridgehead atoms. The number of ether oxygens (including phenoxy) is 1. The second-order valence-electron chi connectivity index (χ2n) is 4.75. The van der Waals surface area contributed by atoms with Gasteiger partial charge in [0.2, 0.25) is 0 Å². The first kappa shape index (κ1) is 15.7. The van der Waals surface area contributed by atoms with E-state index in [1.807, 2.05) is 32.0 Å². The van der Waals surface area contributed by atoms with Crippen molar-refractivity contribution in [2.45, 2.75) is 52.1 Å². The molecule has 0 radical (unpaired) electrons. The van der Waals surface area contributed by atoms with Gasteiger partial charge in [-0.3, -0.25) is 10.1 Å². The molecule has 0 spiro atoms. The molecule has 0 saturated carbocycles. The van der Waals surface area contributed by atoms with Gasteiger partial charge in [0.25, 0.3) is 0 Å². The van der Waals surface area contributed by atoms with E-state index >= 15 is 0 Å². The van der Waals surface area contributed by atoms with E-state index in [1.165, 1.54) is 5.56 Å². The van der Waals surface area contributed by atoms with Gasteiger partial charge in [0.1, 0.15) is 6.04 Å². The highest BCUT2D eigenvalue weighted by molar-refractivity contribution is 5.75. The molecule has 1 aromatic rings. The zero-order valence-corrected chi connectivity index (χ0v) is 12.2. The van der Waals surface area contributed by atoms with Crippen LogP contribution in [0.4, 0.5) is 0 Å². The number of esters is 1. The average Bonchev–Trinajstić information content (AvgIpc) is 2.44. The van der Waals surface area contributed by atoms with Crippen LogP contribution >= 0.6 is 0 Å². The summed E-state index contributed by atoms with van der Waals surface area (Å²) in [4.78, 5) is 11.7. The van der Waals surface area contributed by atoms with Crippen LogP contribution in [0, 0.1) is 0 Å². The summed E-state index contributed by atoms with van der Waals surface area (Å²) < 4.78 is 5.04. The van der Waals surface area contributed by atoms with Gasteiger partial charge in [-0.15, -0.1) is 0 Å². The molecule has 1 aromatic carbocycles. The van der Waals surface area contributed by atoms with Gasteiger partial charge in [-0.1, -0.05) is 50.1 Å². The Hall–Kier alpha value is -1.35. The Kier molecular flexibility index (Phi) is 7.19. The van der Waals surface area contributed by atoms with Crippen LogP contribution in [0.15, 0.2) is 30.3 Å². The maximum atomic E-state index is 11.7. The number of unbranched alkanes of at least 4 members (excludes halogenated alkanes) is 1. The molecule has 106 valence electrons. The lowest BCUT2D eigenvalue weighted by molar-refractivity contribution is -0.145. The number of carbonyl (C=O) groups excluding carboxylic acids is 1. The van der Waals surface area contributed by atoms with Crippen molar-refractivity contribution in [1.29, 1.82) is 0 Å². The molecule has 2 atom stereocenters. The lowest BCUT2D eigenvalue weighted by Crippen LogP contribution is -2.38. The van der Waals surface area contributed by atoms with E-state index in [9.17, 15) is 4.79 Å². The van der Waals surface area contributed by atoms with E-state index in [4.69, 9.17) is 4.74 Å². The number of hydrogen-bond acceptors (Lipinski definition) is 3. The maximum absolute atomic E-state index is 11.7. The Morgan fingerprint density at radius 2 is 1.95 bits per heavy atom. The SMILES string of the molecule is CCCCC(NC(C)C(=O)OCC)c1ccccc1. The molecule has 3 heteroatoms. The zero-order valence-electron chi connectivity index (χ0n) is 12.2. The molecule has 0 aliphatic carbocycles. The van der Waals surface area contributed by atoms with Crippen molar-refractivity contribution in [1.82, 2.24) is 5.32 Å². The minimum atomic E-state index is -0.276. The molecule has 3 nitrogen and oxygen atoms in total. The first-order valence-electron chi connectivity index (χ1n) is 7.16. The van der Waals surface area contributed by atoms with Crippen LogP contribution in [0.25, 0.3) is 0 Å². The molecule has 0 saturated heterocycles. The fourth-order valence-electron chi connectivity index (χ4n) is 2.08. The minimum absolute atomic E-state index is 0.181. The number of hydrogen-bond donors (Lipinski definition) is 1. The molecule has 0 aliphatic rings. The summed E-state index contributed by atoms with van der Waals surface area (Å²) in [5.74, 6) is -0.181. The normalized spacial score (nSPS) is 13.8. The zero-order chi connectivity index (χ0) is 14.1. The third-order valence-corrected chi connectivity index (χ3v) is 3.14. The van der Waals surface area contributed by atoms with Gasteiger partial charge in [-0.05, 0) is 25.8 Å². The Bertz CT molecular complexity index is 364. The van der Waals surface area contributed by atoms with Crippen LogP contribution in [0.2, 0.25) is 0 Å². The summed E-state index contributed by atoms with van der Waals surface area (Å²) in [6.07, 6.45) is 3.32.